The zero-order valence-electron chi connectivity index (χ0n) is 13.5. The van der Waals surface area contributed by atoms with Crippen LogP contribution in [0, 0.1) is 0 Å². The molecule has 0 radical (unpaired) electrons. The van der Waals surface area contributed by atoms with E-state index in [1.54, 1.807) is 0 Å². The number of ether oxygens (including phenoxy) is 4. The molecule has 0 amide bonds. The average molecular weight is 289 g/mol. The first kappa shape index (κ1) is 17.9. The van der Waals surface area contributed by atoms with Gasteiger partial charge in [0.1, 0.15) is 18.3 Å². The Bertz CT molecular complexity index is 260. The minimum Gasteiger partial charge on any atom is -0.376 e. The van der Waals surface area contributed by atoms with Crippen molar-refractivity contribution in [1.82, 2.24) is 0 Å². The molecule has 0 aliphatic carbocycles. The largest absolute Gasteiger partial charge is 0.376 e. The molecule has 0 bridgehead atoms. The van der Waals surface area contributed by atoms with Gasteiger partial charge >= 0.3 is 0 Å². The molecule has 0 aromatic rings. The van der Waals surface area contributed by atoms with Crippen molar-refractivity contribution in [2.75, 3.05) is 19.8 Å². The van der Waals surface area contributed by atoms with Crippen molar-refractivity contribution in [3.63, 3.8) is 0 Å². The van der Waals surface area contributed by atoms with Gasteiger partial charge < -0.3 is 24.7 Å². The van der Waals surface area contributed by atoms with E-state index in [1.807, 2.05) is 27.7 Å². The van der Waals surface area contributed by atoms with Crippen molar-refractivity contribution < 1.29 is 18.9 Å². The lowest BCUT2D eigenvalue weighted by molar-refractivity contribution is -0.104. The summed E-state index contributed by atoms with van der Waals surface area (Å²) in [6.45, 7) is 11.7. The van der Waals surface area contributed by atoms with E-state index in [9.17, 15) is 0 Å². The molecule has 0 aromatic heterocycles. The lowest BCUT2D eigenvalue weighted by atomic mass is 10.1. The topological polar surface area (TPSA) is 62.9 Å². The van der Waals surface area contributed by atoms with Gasteiger partial charge in [0.05, 0.1) is 32.0 Å². The predicted octanol–water partition coefficient (Wildman–Crippen LogP) is 1.73. The van der Waals surface area contributed by atoms with Gasteiger partial charge in [-0.2, -0.15) is 0 Å². The van der Waals surface area contributed by atoms with E-state index < -0.39 is 0 Å². The van der Waals surface area contributed by atoms with Crippen LogP contribution in [0.1, 0.15) is 41.0 Å². The summed E-state index contributed by atoms with van der Waals surface area (Å²) >= 11 is 0. The van der Waals surface area contributed by atoms with Crippen LogP contribution in [0.15, 0.2) is 0 Å². The summed E-state index contributed by atoms with van der Waals surface area (Å²) in [7, 11) is 0. The molecule has 2 N–H and O–H groups in total. The number of rotatable bonds is 9. The third-order valence-electron chi connectivity index (χ3n) is 3.28. The third-order valence-corrected chi connectivity index (χ3v) is 3.28. The van der Waals surface area contributed by atoms with Gasteiger partial charge in [-0.1, -0.05) is 6.92 Å². The van der Waals surface area contributed by atoms with Crippen molar-refractivity contribution in [1.29, 1.82) is 0 Å². The monoisotopic (exact) mass is 289 g/mol. The molecule has 120 valence electrons. The second kappa shape index (κ2) is 8.95. The molecule has 1 heterocycles. The van der Waals surface area contributed by atoms with Crippen LogP contribution in [0.3, 0.4) is 0 Å². The van der Waals surface area contributed by atoms with Gasteiger partial charge in [0.2, 0.25) is 0 Å². The maximum absolute atomic E-state index is 5.96. The first-order chi connectivity index (χ1) is 9.43. The Labute approximate surface area is 123 Å². The second-order valence-corrected chi connectivity index (χ2v) is 5.94. The number of nitrogens with two attached hydrogens (primary N) is 1. The van der Waals surface area contributed by atoms with E-state index in [0.717, 1.165) is 6.42 Å². The van der Waals surface area contributed by atoms with Crippen LogP contribution in [0.4, 0.5) is 0 Å². The van der Waals surface area contributed by atoms with Gasteiger partial charge in [-0.15, -0.1) is 0 Å². The van der Waals surface area contributed by atoms with Crippen molar-refractivity contribution in [2.24, 2.45) is 5.73 Å². The molecule has 0 aromatic carbocycles. The first-order valence-corrected chi connectivity index (χ1v) is 7.69. The number of hydrogen-bond donors (Lipinski definition) is 1. The average Bonchev–Trinajstić information content (AvgIpc) is 2.75. The number of hydrogen-bond acceptors (Lipinski definition) is 5. The van der Waals surface area contributed by atoms with Gasteiger partial charge in [-0.25, -0.2) is 0 Å². The molecule has 1 aliphatic rings. The van der Waals surface area contributed by atoms with Crippen LogP contribution >= 0.6 is 0 Å². The normalized spacial score (nSPS) is 28.5. The van der Waals surface area contributed by atoms with Crippen LogP contribution in [0.2, 0.25) is 0 Å². The van der Waals surface area contributed by atoms with E-state index >= 15 is 0 Å². The Balaban J connectivity index is 2.51. The molecule has 5 nitrogen and oxygen atoms in total. The van der Waals surface area contributed by atoms with E-state index in [4.69, 9.17) is 24.7 Å². The highest BCUT2D eigenvalue weighted by molar-refractivity contribution is 4.87. The van der Waals surface area contributed by atoms with Crippen LogP contribution in [0.25, 0.3) is 0 Å². The summed E-state index contributed by atoms with van der Waals surface area (Å²) in [5, 5.41) is 0. The summed E-state index contributed by atoms with van der Waals surface area (Å²) in [5.41, 5.74) is 5.90. The first-order valence-electron chi connectivity index (χ1n) is 7.69. The fourth-order valence-electron chi connectivity index (χ4n) is 2.08. The zero-order valence-corrected chi connectivity index (χ0v) is 13.5. The van der Waals surface area contributed by atoms with Crippen LogP contribution in [-0.4, -0.2) is 56.4 Å². The Morgan fingerprint density at radius 1 is 1.20 bits per heavy atom. The fourth-order valence-corrected chi connectivity index (χ4v) is 2.08. The molecule has 1 fully saturated rings. The molecule has 0 saturated carbocycles. The quantitative estimate of drug-likeness (QED) is 0.700. The van der Waals surface area contributed by atoms with Gasteiger partial charge in [0, 0.05) is 6.04 Å². The molecular weight excluding hydrogens is 258 g/mol. The Kier molecular flexibility index (Phi) is 7.99. The summed E-state index contributed by atoms with van der Waals surface area (Å²) < 4.78 is 23.3. The molecule has 5 heteroatoms. The highest BCUT2D eigenvalue weighted by atomic mass is 16.6. The lowest BCUT2D eigenvalue weighted by Gasteiger charge is -2.26. The molecule has 1 aliphatic heterocycles. The van der Waals surface area contributed by atoms with Crippen LogP contribution in [-0.2, 0) is 18.9 Å². The summed E-state index contributed by atoms with van der Waals surface area (Å²) in [6, 6.07) is 0.0701. The van der Waals surface area contributed by atoms with Gasteiger partial charge in [0.25, 0.3) is 0 Å². The second-order valence-electron chi connectivity index (χ2n) is 5.94. The van der Waals surface area contributed by atoms with Crippen LogP contribution in [0.5, 0.6) is 0 Å². The van der Waals surface area contributed by atoms with Crippen molar-refractivity contribution in [2.45, 2.75) is 77.6 Å². The SMILES string of the molecule is CCC(N)CO[C@@H]1CO[C@H](COC(C)C)C1OC(C)C. The van der Waals surface area contributed by atoms with Gasteiger partial charge in [-0.3, -0.25) is 0 Å². The fraction of sp³-hybridized carbons (Fsp3) is 1.00. The lowest BCUT2D eigenvalue weighted by Crippen LogP contribution is -2.41. The van der Waals surface area contributed by atoms with Crippen molar-refractivity contribution in [3.8, 4) is 0 Å². The highest BCUT2D eigenvalue weighted by Gasteiger charge is 2.40. The molecule has 20 heavy (non-hydrogen) atoms. The standard InChI is InChI=1S/C15H31NO4/c1-6-12(16)7-18-14-9-19-13(8-17-10(2)3)15(14)20-11(4)5/h10-15H,6-9,16H2,1-5H3/t12?,13-,14-,15?/m1/s1. The van der Waals surface area contributed by atoms with Gasteiger partial charge in [0.15, 0.2) is 0 Å². The molecule has 4 atom stereocenters. The molecular formula is C15H31NO4. The van der Waals surface area contributed by atoms with Crippen molar-refractivity contribution in [3.05, 3.63) is 0 Å². The van der Waals surface area contributed by atoms with Crippen LogP contribution < -0.4 is 5.73 Å². The van der Waals surface area contributed by atoms with E-state index in [0.29, 0.717) is 19.8 Å². The third kappa shape index (κ3) is 6.06. The van der Waals surface area contributed by atoms with E-state index in [1.165, 1.54) is 0 Å². The van der Waals surface area contributed by atoms with Gasteiger partial charge in [-0.05, 0) is 34.1 Å². The molecule has 1 rings (SSSR count). The maximum atomic E-state index is 5.96. The molecule has 2 unspecified atom stereocenters. The Morgan fingerprint density at radius 3 is 2.45 bits per heavy atom. The maximum Gasteiger partial charge on any atom is 0.115 e. The van der Waals surface area contributed by atoms with Crippen molar-refractivity contribution >= 4 is 0 Å². The Hall–Kier alpha value is -0.200. The minimum atomic E-state index is -0.0854. The molecule has 1 saturated heterocycles. The predicted molar refractivity (Wildman–Crippen MR) is 78.8 cm³/mol. The molecule has 0 spiro atoms. The zero-order chi connectivity index (χ0) is 15.1. The smallest absolute Gasteiger partial charge is 0.115 e. The van der Waals surface area contributed by atoms with E-state index in [2.05, 4.69) is 6.92 Å². The summed E-state index contributed by atoms with van der Waals surface area (Å²) in [5.74, 6) is 0. The summed E-state index contributed by atoms with van der Waals surface area (Å²) in [6.07, 6.45) is 1.01. The van der Waals surface area contributed by atoms with E-state index in [-0.39, 0.29) is 36.6 Å². The minimum absolute atomic E-state index is 0.0595. The summed E-state index contributed by atoms with van der Waals surface area (Å²) in [4.78, 5) is 0. The highest BCUT2D eigenvalue weighted by Crippen LogP contribution is 2.23. The Morgan fingerprint density at radius 2 is 1.90 bits per heavy atom.